The van der Waals surface area contributed by atoms with Gasteiger partial charge in [-0.05, 0) is 6.07 Å². The van der Waals surface area contributed by atoms with Gasteiger partial charge in [-0.15, -0.1) is 11.6 Å². The first-order chi connectivity index (χ1) is 9.30. The Morgan fingerprint density at radius 1 is 1.35 bits per heavy atom. The Hall–Kier alpha value is -1.12. The van der Waals surface area contributed by atoms with E-state index >= 15 is 0 Å². The maximum atomic E-state index is 12.1. The van der Waals surface area contributed by atoms with Crippen molar-refractivity contribution < 1.29 is 18.1 Å². The first-order valence-electron chi connectivity index (χ1n) is 5.59. The van der Waals surface area contributed by atoms with Gasteiger partial charge < -0.3 is 0 Å². The Morgan fingerprint density at radius 3 is 2.55 bits per heavy atom. The highest BCUT2D eigenvalue weighted by molar-refractivity contribution is 8.15. The summed E-state index contributed by atoms with van der Waals surface area (Å²) in [6.07, 6.45) is 0. The third-order valence-corrected chi connectivity index (χ3v) is 6.78. The molecule has 0 amide bonds. The molecule has 1 aliphatic rings. The lowest BCUT2D eigenvalue weighted by Gasteiger charge is -2.10. The van der Waals surface area contributed by atoms with Gasteiger partial charge in [0.2, 0.25) is 5.12 Å². The third-order valence-electron chi connectivity index (χ3n) is 2.81. The molecule has 20 heavy (non-hydrogen) atoms. The molecule has 0 radical (unpaired) electrons. The van der Waals surface area contributed by atoms with Crippen LogP contribution >= 0.6 is 23.4 Å². The van der Waals surface area contributed by atoms with Crippen LogP contribution in [0.15, 0.2) is 24.3 Å². The quantitative estimate of drug-likeness (QED) is 0.475. The third kappa shape index (κ3) is 3.31. The molecule has 0 unspecified atom stereocenters. The Labute approximate surface area is 124 Å². The van der Waals surface area contributed by atoms with Gasteiger partial charge in [-0.1, -0.05) is 23.9 Å². The number of thioether (sulfide) groups is 1. The maximum absolute atomic E-state index is 12.1. The van der Waals surface area contributed by atoms with Gasteiger partial charge in [-0.3, -0.25) is 14.9 Å². The smallest absolute Gasteiger partial charge is 0.281 e. The van der Waals surface area contributed by atoms with Crippen LogP contribution in [0.4, 0.5) is 5.69 Å². The molecule has 0 saturated carbocycles. The fraction of sp³-hybridized carbons (Fsp3) is 0.364. The number of benzene rings is 1. The van der Waals surface area contributed by atoms with E-state index in [1.54, 1.807) is 0 Å². The fourth-order valence-corrected chi connectivity index (χ4v) is 6.23. The molecule has 0 aromatic heterocycles. The molecule has 9 heteroatoms. The molecule has 1 aliphatic heterocycles. The van der Waals surface area contributed by atoms with Crippen LogP contribution < -0.4 is 0 Å². The van der Waals surface area contributed by atoms with Crippen LogP contribution in [0.2, 0.25) is 0 Å². The first-order valence-corrected chi connectivity index (χ1v) is 8.73. The highest BCUT2D eigenvalue weighted by Gasteiger charge is 2.39. The van der Waals surface area contributed by atoms with Crippen molar-refractivity contribution >= 4 is 44.0 Å². The van der Waals surface area contributed by atoms with Crippen LogP contribution in [0.5, 0.6) is 0 Å². The highest BCUT2D eigenvalue weighted by atomic mass is 35.5. The van der Waals surface area contributed by atoms with Gasteiger partial charge in [-0.25, -0.2) is 8.42 Å². The van der Waals surface area contributed by atoms with E-state index in [-0.39, 0.29) is 22.8 Å². The van der Waals surface area contributed by atoms with Crippen molar-refractivity contribution in [2.45, 2.75) is 10.6 Å². The minimum Gasteiger partial charge on any atom is -0.281 e. The molecule has 0 spiro atoms. The molecule has 1 saturated heterocycles. The number of carbonyl (C=O) groups is 1. The zero-order chi connectivity index (χ0) is 14.9. The number of para-hydroxylation sites is 1. The first kappa shape index (κ1) is 15.3. The van der Waals surface area contributed by atoms with Crippen molar-refractivity contribution in [3.05, 3.63) is 39.9 Å². The Kier molecular flexibility index (Phi) is 4.36. The van der Waals surface area contributed by atoms with Crippen molar-refractivity contribution in [3.8, 4) is 0 Å². The molecule has 0 aliphatic carbocycles. The van der Waals surface area contributed by atoms with Gasteiger partial charge in [-0.2, -0.15) is 0 Å². The largest absolute Gasteiger partial charge is 0.281 e. The highest BCUT2D eigenvalue weighted by Crippen LogP contribution is 2.32. The fourth-order valence-electron chi connectivity index (χ4n) is 1.89. The van der Waals surface area contributed by atoms with Crippen LogP contribution in [0.3, 0.4) is 0 Å². The minimum absolute atomic E-state index is 0.0457. The molecule has 1 aromatic carbocycles. The van der Waals surface area contributed by atoms with Gasteiger partial charge in [0.15, 0.2) is 9.84 Å². The average Bonchev–Trinajstić information content (AvgIpc) is 2.62. The van der Waals surface area contributed by atoms with Crippen LogP contribution in [-0.4, -0.2) is 40.6 Å². The summed E-state index contributed by atoms with van der Waals surface area (Å²) in [6, 6.07) is 5.56. The Morgan fingerprint density at radius 2 is 2.00 bits per heavy atom. The second-order valence-electron chi connectivity index (χ2n) is 4.31. The number of alkyl halides is 1. The molecule has 2 rings (SSSR count). The lowest BCUT2D eigenvalue weighted by molar-refractivity contribution is -0.385. The van der Waals surface area contributed by atoms with E-state index < -0.39 is 30.5 Å². The zero-order valence-corrected chi connectivity index (χ0v) is 12.5. The van der Waals surface area contributed by atoms with Crippen LogP contribution in [0.25, 0.3) is 0 Å². The van der Waals surface area contributed by atoms with Crippen molar-refractivity contribution in [2.24, 2.45) is 0 Å². The van der Waals surface area contributed by atoms with Crippen LogP contribution in [-0.2, 0) is 9.84 Å². The number of hydrogen-bond acceptors (Lipinski definition) is 6. The van der Waals surface area contributed by atoms with E-state index in [0.29, 0.717) is 0 Å². The standard InChI is InChI=1S/C11H10ClNO5S2/c12-8-5-20(17,18)6-10(8)19-11(14)7-3-1-2-4-9(7)13(15)16/h1-4,8,10H,5-6H2/t8-,10-/m1/s1. The van der Waals surface area contributed by atoms with E-state index in [9.17, 15) is 23.3 Å². The second-order valence-corrected chi connectivity index (χ2v) is 8.24. The molecule has 6 nitrogen and oxygen atoms in total. The zero-order valence-electron chi connectivity index (χ0n) is 10.1. The molecular weight excluding hydrogens is 326 g/mol. The molecule has 0 N–H and O–H groups in total. The predicted molar refractivity (Wildman–Crippen MR) is 77.1 cm³/mol. The van der Waals surface area contributed by atoms with E-state index in [1.165, 1.54) is 24.3 Å². The number of nitro groups is 1. The van der Waals surface area contributed by atoms with Gasteiger partial charge in [0.05, 0.1) is 21.8 Å². The number of nitrogens with zero attached hydrogens (tertiary/aromatic N) is 1. The summed E-state index contributed by atoms with van der Waals surface area (Å²) in [6.45, 7) is 0. The lowest BCUT2D eigenvalue weighted by Crippen LogP contribution is -2.17. The molecule has 1 heterocycles. The van der Waals surface area contributed by atoms with Gasteiger partial charge in [0, 0.05) is 11.3 Å². The molecule has 2 atom stereocenters. The summed E-state index contributed by atoms with van der Waals surface area (Å²) in [4.78, 5) is 22.3. The summed E-state index contributed by atoms with van der Waals surface area (Å²) in [7, 11) is -3.24. The van der Waals surface area contributed by atoms with E-state index in [2.05, 4.69) is 0 Å². The summed E-state index contributed by atoms with van der Waals surface area (Å²) < 4.78 is 22.9. The minimum atomic E-state index is -3.24. The van der Waals surface area contributed by atoms with Crippen molar-refractivity contribution in [2.75, 3.05) is 11.5 Å². The predicted octanol–water partition coefficient (Wildman–Crippen LogP) is 1.87. The van der Waals surface area contributed by atoms with Crippen LogP contribution in [0.1, 0.15) is 10.4 Å². The Balaban J connectivity index is 2.20. The molecule has 0 bridgehead atoms. The van der Waals surface area contributed by atoms with Gasteiger partial charge in [0.1, 0.15) is 5.56 Å². The number of nitro benzene ring substituents is 1. The van der Waals surface area contributed by atoms with Crippen molar-refractivity contribution in [1.29, 1.82) is 0 Å². The SMILES string of the molecule is O=C(S[C@@H]1CS(=O)(=O)C[C@H]1Cl)c1ccccc1[N+](=O)[O-]. The summed E-state index contributed by atoms with van der Waals surface area (Å²) in [5.41, 5.74) is -0.340. The monoisotopic (exact) mass is 335 g/mol. The Bertz CT molecular complexity index is 661. The van der Waals surface area contributed by atoms with Crippen molar-refractivity contribution in [1.82, 2.24) is 0 Å². The average molecular weight is 336 g/mol. The lowest BCUT2D eigenvalue weighted by atomic mass is 10.2. The van der Waals surface area contributed by atoms with Crippen molar-refractivity contribution in [3.63, 3.8) is 0 Å². The van der Waals surface area contributed by atoms with E-state index in [4.69, 9.17) is 11.6 Å². The summed E-state index contributed by atoms with van der Waals surface area (Å²) in [5, 5.41) is 9.09. The number of sulfone groups is 1. The number of hydrogen-bond donors (Lipinski definition) is 0. The van der Waals surface area contributed by atoms with Gasteiger partial charge in [0.25, 0.3) is 5.69 Å². The summed E-state index contributed by atoms with van der Waals surface area (Å²) in [5.74, 6) is -0.353. The van der Waals surface area contributed by atoms with Gasteiger partial charge >= 0.3 is 0 Å². The van der Waals surface area contributed by atoms with Crippen LogP contribution in [0, 0.1) is 10.1 Å². The normalized spacial score (nSPS) is 24.4. The molecule has 1 aromatic rings. The number of halogens is 1. The van der Waals surface area contributed by atoms with E-state index in [0.717, 1.165) is 11.8 Å². The van der Waals surface area contributed by atoms with E-state index in [1.807, 2.05) is 0 Å². The topological polar surface area (TPSA) is 94.3 Å². The summed E-state index contributed by atoms with van der Waals surface area (Å²) >= 11 is 6.66. The maximum Gasteiger partial charge on any atom is 0.281 e. The number of carbonyl (C=O) groups excluding carboxylic acids is 1. The molecular formula is C11H10ClNO5S2. The molecule has 108 valence electrons. The number of rotatable bonds is 3. The second kappa shape index (κ2) is 5.71. The molecule has 1 fully saturated rings.